The largest absolute Gasteiger partial charge is 0.465 e. The number of aromatic amines is 1. The smallest absolute Gasteiger partial charge is 0.327 e. The van der Waals surface area contributed by atoms with Gasteiger partial charge in [0.25, 0.3) is 5.56 Å². The van der Waals surface area contributed by atoms with E-state index in [-0.39, 0.29) is 24.8 Å². The fourth-order valence-corrected chi connectivity index (χ4v) is 4.52. The van der Waals surface area contributed by atoms with E-state index in [4.69, 9.17) is 16.3 Å². The van der Waals surface area contributed by atoms with Crippen LogP contribution in [0.4, 0.5) is 0 Å². The number of hydrogen-bond donors (Lipinski definition) is 1. The van der Waals surface area contributed by atoms with Gasteiger partial charge in [-0.15, -0.1) is 5.10 Å². The number of ether oxygens (including phenoxy) is 1. The van der Waals surface area contributed by atoms with Gasteiger partial charge in [-0.1, -0.05) is 48.4 Å². The lowest BCUT2D eigenvalue weighted by Gasteiger charge is -2.30. The zero-order valence-electron chi connectivity index (χ0n) is 20.6. The van der Waals surface area contributed by atoms with Crippen molar-refractivity contribution in [2.45, 2.75) is 52.9 Å². The van der Waals surface area contributed by atoms with Crippen LogP contribution in [-0.4, -0.2) is 42.7 Å². The Kier molecular flexibility index (Phi) is 8.12. The van der Waals surface area contributed by atoms with Gasteiger partial charge in [-0.25, -0.2) is 4.68 Å². The third kappa shape index (κ3) is 5.80. The van der Waals surface area contributed by atoms with Crippen LogP contribution >= 0.6 is 11.6 Å². The zero-order chi connectivity index (χ0) is 25.7. The average molecular weight is 509 g/mol. The molecule has 0 saturated carbocycles. The maximum absolute atomic E-state index is 13.0. The van der Waals surface area contributed by atoms with Crippen molar-refractivity contribution in [2.24, 2.45) is 0 Å². The molecule has 0 aliphatic heterocycles. The second-order valence-corrected chi connectivity index (χ2v) is 9.04. The average Bonchev–Trinajstić information content (AvgIpc) is 3.29. The van der Waals surface area contributed by atoms with E-state index in [9.17, 15) is 9.59 Å². The van der Waals surface area contributed by atoms with Gasteiger partial charge in [0.05, 0.1) is 12.6 Å². The number of esters is 1. The molecule has 0 saturated heterocycles. The summed E-state index contributed by atoms with van der Waals surface area (Å²) >= 11 is 6.50. The molecule has 2 aromatic carbocycles. The number of aromatic nitrogens is 5. The topological polar surface area (TPSA) is 106 Å². The number of rotatable bonds is 10. The minimum atomic E-state index is -0.417. The van der Waals surface area contributed by atoms with Crippen molar-refractivity contribution in [2.75, 3.05) is 6.61 Å². The molecule has 10 heteroatoms. The van der Waals surface area contributed by atoms with Crippen LogP contribution in [0.3, 0.4) is 0 Å². The van der Waals surface area contributed by atoms with Crippen LogP contribution in [0.5, 0.6) is 0 Å². The predicted molar refractivity (Wildman–Crippen MR) is 137 cm³/mol. The summed E-state index contributed by atoms with van der Waals surface area (Å²) < 4.78 is 6.54. The van der Waals surface area contributed by atoms with Crippen LogP contribution in [0.2, 0.25) is 5.02 Å². The number of halogens is 1. The summed E-state index contributed by atoms with van der Waals surface area (Å²) in [5, 5.41) is 13.7. The first-order valence-corrected chi connectivity index (χ1v) is 12.3. The molecule has 0 aliphatic rings. The van der Waals surface area contributed by atoms with Gasteiger partial charge in [0.15, 0.2) is 5.82 Å². The Labute approximate surface area is 214 Å². The number of nitrogens with zero attached hydrogens (tertiary/aromatic N) is 5. The molecule has 0 aliphatic carbocycles. The van der Waals surface area contributed by atoms with Crippen LogP contribution in [0.15, 0.2) is 53.3 Å². The van der Waals surface area contributed by atoms with Gasteiger partial charge < -0.3 is 9.72 Å². The quantitative estimate of drug-likeness (QED) is 0.320. The Morgan fingerprint density at radius 1 is 1.14 bits per heavy atom. The number of H-pyrrole nitrogens is 1. The molecule has 188 valence electrons. The first-order valence-electron chi connectivity index (χ1n) is 11.9. The summed E-state index contributed by atoms with van der Waals surface area (Å²) in [4.78, 5) is 30.3. The van der Waals surface area contributed by atoms with E-state index in [0.29, 0.717) is 35.9 Å². The first kappa shape index (κ1) is 25.5. The third-order valence-electron chi connectivity index (χ3n) is 6.05. The van der Waals surface area contributed by atoms with Gasteiger partial charge in [-0.3, -0.25) is 14.5 Å². The highest BCUT2D eigenvalue weighted by Crippen LogP contribution is 2.28. The molecule has 4 rings (SSSR count). The van der Waals surface area contributed by atoms with E-state index in [1.807, 2.05) is 62.4 Å². The summed E-state index contributed by atoms with van der Waals surface area (Å²) in [6, 6.07) is 15.2. The molecule has 2 aromatic heterocycles. The fourth-order valence-electron chi connectivity index (χ4n) is 4.33. The Morgan fingerprint density at radius 2 is 1.92 bits per heavy atom. The van der Waals surface area contributed by atoms with E-state index < -0.39 is 5.97 Å². The number of nitrogens with one attached hydrogen (secondary N) is 1. The highest BCUT2D eigenvalue weighted by Gasteiger charge is 2.27. The molecule has 0 bridgehead atoms. The Bertz CT molecular complexity index is 1420. The Morgan fingerprint density at radius 3 is 2.67 bits per heavy atom. The molecule has 36 heavy (non-hydrogen) atoms. The van der Waals surface area contributed by atoms with Gasteiger partial charge in [0.1, 0.15) is 6.54 Å². The van der Waals surface area contributed by atoms with Crippen LogP contribution in [0, 0.1) is 6.92 Å². The van der Waals surface area contributed by atoms with Crippen molar-refractivity contribution in [1.29, 1.82) is 0 Å². The highest BCUT2D eigenvalue weighted by atomic mass is 35.5. The van der Waals surface area contributed by atoms with Crippen molar-refractivity contribution in [3.8, 4) is 0 Å². The molecule has 0 fully saturated rings. The van der Waals surface area contributed by atoms with Crippen molar-refractivity contribution in [3.05, 3.63) is 86.4 Å². The predicted octanol–water partition coefficient (Wildman–Crippen LogP) is 4.19. The Hall–Kier alpha value is -3.56. The molecule has 0 spiro atoms. The van der Waals surface area contributed by atoms with Crippen molar-refractivity contribution < 1.29 is 9.53 Å². The number of pyridine rings is 1. The maximum atomic E-state index is 13.0. The van der Waals surface area contributed by atoms with Gasteiger partial charge in [0.2, 0.25) is 0 Å². The minimum Gasteiger partial charge on any atom is -0.465 e. The van der Waals surface area contributed by atoms with Crippen LogP contribution in [0.25, 0.3) is 10.9 Å². The van der Waals surface area contributed by atoms with Crippen molar-refractivity contribution in [1.82, 2.24) is 30.1 Å². The molecule has 1 atom stereocenters. The second-order valence-electron chi connectivity index (χ2n) is 8.63. The molecular formula is C26H29ClN6O3. The SMILES string of the molecule is CCOC(=O)Cn1nnnc1C(CC)N(Cc1ccccc1Cl)Cc1cc2cc(C)ccc2[nH]c1=O. The van der Waals surface area contributed by atoms with Gasteiger partial charge >= 0.3 is 5.97 Å². The second kappa shape index (κ2) is 11.5. The maximum Gasteiger partial charge on any atom is 0.327 e. The molecular weight excluding hydrogens is 480 g/mol. The van der Waals surface area contributed by atoms with E-state index in [1.54, 1.807) is 6.92 Å². The van der Waals surface area contributed by atoms with E-state index in [1.165, 1.54) is 4.68 Å². The number of tetrazole rings is 1. The van der Waals surface area contributed by atoms with E-state index >= 15 is 0 Å². The minimum absolute atomic E-state index is 0.0948. The van der Waals surface area contributed by atoms with Crippen molar-refractivity contribution in [3.63, 3.8) is 0 Å². The van der Waals surface area contributed by atoms with E-state index in [2.05, 4.69) is 25.4 Å². The molecule has 9 nitrogen and oxygen atoms in total. The van der Waals surface area contributed by atoms with Crippen LogP contribution in [0.1, 0.15) is 48.8 Å². The highest BCUT2D eigenvalue weighted by molar-refractivity contribution is 6.31. The van der Waals surface area contributed by atoms with Crippen molar-refractivity contribution >= 4 is 28.5 Å². The Balaban J connectivity index is 1.74. The summed E-state index contributed by atoms with van der Waals surface area (Å²) in [5.74, 6) is 0.102. The van der Waals surface area contributed by atoms with E-state index in [0.717, 1.165) is 22.0 Å². The van der Waals surface area contributed by atoms with Gasteiger partial charge in [-0.05, 0) is 65.9 Å². The lowest BCUT2D eigenvalue weighted by molar-refractivity contribution is -0.144. The van der Waals surface area contributed by atoms with Gasteiger partial charge in [-0.2, -0.15) is 0 Å². The summed E-state index contributed by atoms with van der Waals surface area (Å²) in [5.41, 5.74) is 3.27. The molecule has 0 radical (unpaired) electrons. The number of fused-ring (bicyclic) bond motifs is 1. The zero-order valence-corrected chi connectivity index (χ0v) is 21.3. The first-order chi connectivity index (χ1) is 17.4. The molecule has 4 aromatic rings. The molecule has 1 unspecified atom stereocenters. The lowest BCUT2D eigenvalue weighted by Crippen LogP contribution is -2.33. The summed E-state index contributed by atoms with van der Waals surface area (Å²) in [6.07, 6.45) is 0.637. The van der Waals surface area contributed by atoms with Crippen LogP contribution in [-0.2, 0) is 29.2 Å². The number of benzene rings is 2. The molecule has 1 N–H and O–H groups in total. The lowest BCUT2D eigenvalue weighted by atomic mass is 10.1. The summed E-state index contributed by atoms with van der Waals surface area (Å²) in [7, 11) is 0. The fraction of sp³-hybridized carbons (Fsp3) is 0.346. The summed E-state index contributed by atoms with van der Waals surface area (Å²) in [6.45, 7) is 6.75. The van der Waals surface area contributed by atoms with Crippen LogP contribution < -0.4 is 5.56 Å². The molecule has 0 amide bonds. The third-order valence-corrected chi connectivity index (χ3v) is 6.42. The van der Waals surface area contributed by atoms with Gasteiger partial charge in [0, 0.05) is 29.2 Å². The number of carbonyl (C=O) groups excluding carboxylic acids is 1. The number of aryl methyl sites for hydroxylation is 1. The normalized spacial score (nSPS) is 12.2. The number of hydrogen-bond acceptors (Lipinski definition) is 7. The monoisotopic (exact) mass is 508 g/mol. The number of carbonyl (C=O) groups is 1. The molecule has 2 heterocycles. The standard InChI is InChI=1S/C26H29ClN6O3/c1-4-23(25-29-30-31-33(25)16-24(34)36-5-2)32(14-18-8-6-7-9-21(18)27)15-20-13-19-12-17(3)10-11-22(19)28-26(20)35/h6-13,23H,4-5,14-16H2,1-3H3,(H,28,35).